The molecule has 8 heteroatoms. The van der Waals surface area contributed by atoms with Crippen LogP contribution in [0.1, 0.15) is 56.6 Å². The standard InChI is InChI=1S/C29H32N2O5S/c1-18(2)8-7-15-37-25-16-27(34)31(29(25)35)14-13-26(33)30-24-12-6-11-22-23(17-36-19(3)32)20-9-4-5-10-21(20)28(22)24/h4-6,9-12,23,25H,1,7-8,13-17H2,2-3H3,(H,30,33). The summed E-state index contributed by atoms with van der Waals surface area (Å²) in [6.07, 6.45) is 2.04. The van der Waals surface area contributed by atoms with E-state index in [0.29, 0.717) is 5.69 Å². The molecule has 2 unspecified atom stereocenters. The van der Waals surface area contributed by atoms with Gasteiger partial charge >= 0.3 is 5.97 Å². The Hall–Kier alpha value is -3.39. The number of thioether (sulfide) groups is 1. The molecule has 0 spiro atoms. The zero-order valence-corrected chi connectivity index (χ0v) is 22.1. The molecule has 1 aliphatic heterocycles. The molecule has 1 heterocycles. The lowest BCUT2D eigenvalue weighted by molar-refractivity contribution is -0.141. The van der Waals surface area contributed by atoms with Crippen molar-refractivity contribution in [1.82, 2.24) is 4.90 Å². The first kappa shape index (κ1) is 26.7. The van der Waals surface area contributed by atoms with Crippen LogP contribution in [0.2, 0.25) is 0 Å². The van der Waals surface area contributed by atoms with Gasteiger partial charge in [-0.3, -0.25) is 24.1 Å². The van der Waals surface area contributed by atoms with Gasteiger partial charge in [-0.05, 0) is 48.3 Å². The lowest BCUT2D eigenvalue weighted by Gasteiger charge is -2.16. The Morgan fingerprint density at radius 2 is 1.84 bits per heavy atom. The number of nitrogens with one attached hydrogen (secondary N) is 1. The molecule has 0 aromatic heterocycles. The van der Waals surface area contributed by atoms with Crippen LogP contribution in [0.15, 0.2) is 54.6 Å². The molecule has 3 amide bonds. The molecule has 37 heavy (non-hydrogen) atoms. The number of amides is 3. The number of likely N-dealkylation sites (tertiary alicyclic amines) is 1. The van der Waals surface area contributed by atoms with Crippen molar-refractivity contribution in [3.63, 3.8) is 0 Å². The molecule has 0 bridgehead atoms. The zero-order valence-electron chi connectivity index (χ0n) is 21.2. The number of hydrogen-bond donors (Lipinski definition) is 1. The minimum Gasteiger partial charge on any atom is -0.465 e. The molecule has 1 saturated heterocycles. The van der Waals surface area contributed by atoms with Crippen LogP contribution in [0, 0.1) is 0 Å². The molecule has 2 aromatic carbocycles. The van der Waals surface area contributed by atoms with Crippen LogP contribution in [0.25, 0.3) is 11.1 Å². The molecule has 1 N–H and O–H groups in total. The summed E-state index contributed by atoms with van der Waals surface area (Å²) in [7, 11) is 0. The zero-order chi connectivity index (χ0) is 26.5. The summed E-state index contributed by atoms with van der Waals surface area (Å²) in [5.74, 6) is -0.360. The number of benzene rings is 2. The van der Waals surface area contributed by atoms with Crippen LogP contribution in [-0.4, -0.2) is 52.7 Å². The van der Waals surface area contributed by atoms with Crippen molar-refractivity contribution < 1.29 is 23.9 Å². The second kappa shape index (κ2) is 11.8. The number of carbonyl (C=O) groups is 4. The summed E-state index contributed by atoms with van der Waals surface area (Å²) in [6, 6.07) is 13.6. The van der Waals surface area contributed by atoms with Gasteiger partial charge in [0, 0.05) is 43.5 Å². The average molecular weight is 521 g/mol. The predicted molar refractivity (Wildman–Crippen MR) is 145 cm³/mol. The number of nitrogens with zero attached hydrogens (tertiary/aromatic N) is 1. The second-order valence-corrected chi connectivity index (χ2v) is 10.8. The minimum atomic E-state index is -0.372. The molecule has 194 valence electrons. The van der Waals surface area contributed by atoms with Crippen LogP contribution in [-0.2, 0) is 23.9 Å². The maximum absolute atomic E-state index is 12.9. The topological polar surface area (TPSA) is 92.8 Å². The van der Waals surface area contributed by atoms with E-state index in [1.807, 2.05) is 49.4 Å². The van der Waals surface area contributed by atoms with Crippen LogP contribution >= 0.6 is 11.8 Å². The van der Waals surface area contributed by atoms with Crippen molar-refractivity contribution in [2.75, 3.05) is 24.2 Å². The fourth-order valence-electron chi connectivity index (χ4n) is 4.89. The number of fused-ring (bicyclic) bond motifs is 3. The number of anilines is 1. The third kappa shape index (κ3) is 6.13. The molecule has 1 aliphatic carbocycles. The summed E-state index contributed by atoms with van der Waals surface area (Å²) < 4.78 is 5.32. The van der Waals surface area contributed by atoms with E-state index in [1.165, 1.54) is 23.6 Å². The summed E-state index contributed by atoms with van der Waals surface area (Å²) in [5.41, 5.74) is 5.68. The van der Waals surface area contributed by atoms with Gasteiger partial charge in [0.15, 0.2) is 0 Å². The molecular weight excluding hydrogens is 488 g/mol. The van der Waals surface area contributed by atoms with Gasteiger partial charge in [0.2, 0.25) is 17.7 Å². The number of carbonyl (C=O) groups excluding carboxylic acids is 4. The molecular formula is C29H32N2O5S. The molecule has 2 aromatic rings. The smallest absolute Gasteiger partial charge is 0.302 e. The highest BCUT2D eigenvalue weighted by Gasteiger charge is 2.38. The Morgan fingerprint density at radius 1 is 1.08 bits per heavy atom. The maximum Gasteiger partial charge on any atom is 0.302 e. The Bertz CT molecular complexity index is 1240. The molecule has 0 saturated carbocycles. The van der Waals surface area contributed by atoms with Crippen molar-refractivity contribution in [2.45, 2.75) is 50.7 Å². The number of allylic oxidation sites excluding steroid dienone is 1. The van der Waals surface area contributed by atoms with Crippen molar-refractivity contribution in [3.8, 4) is 11.1 Å². The van der Waals surface area contributed by atoms with Crippen molar-refractivity contribution in [1.29, 1.82) is 0 Å². The van der Waals surface area contributed by atoms with Gasteiger partial charge in [-0.15, -0.1) is 18.3 Å². The largest absolute Gasteiger partial charge is 0.465 e. The van der Waals surface area contributed by atoms with E-state index in [9.17, 15) is 19.2 Å². The van der Waals surface area contributed by atoms with Gasteiger partial charge in [-0.1, -0.05) is 42.0 Å². The Kier molecular flexibility index (Phi) is 8.48. The number of ether oxygens (including phenoxy) is 1. The summed E-state index contributed by atoms with van der Waals surface area (Å²) in [6.45, 7) is 7.54. The molecule has 2 aliphatic rings. The molecule has 1 fully saturated rings. The number of imide groups is 1. The number of rotatable bonds is 11. The third-order valence-electron chi connectivity index (χ3n) is 6.64. The van der Waals surface area contributed by atoms with E-state index < -0.39 is 0 Å². The van der Waals surface area contributed by atoms with Gasteiger partial charge in [-0.2, -0.15) is 0 Å². The Morgan fingerprint density at radius 3 is 2.59 bits per heavy atom. The van der Waals surface area contributed by atoms with Crippen LogP contribution in [0.3, 0.4) is 0 Å². The highest BCUT2D eigenvalue weighted by molar-refractivity contribution is 8.00. The van der Waals surface area contributed by atoms with E-state index in [0.717, 1.165) is 46.4 Å². The first-order chi connectivity index (χ1) is 17.8. The quantitative estimate of drug-likeness (QED) is 0.196. The van der Waals surface area contributed by atoms with Crippen LogP contribution in [0.4, 0.5) is 5.69 Å². The highest BCUT2D eigenvalue weighted by atomic mass is 32.2. The minimum absolute atomic E-state index is 0.0206. The van der Waals surface area contributed by atoms with Gasteiger partial charge in [0.05, 0.1) is 5.25 Å². The lowest BCUT2D eigenvalue weighted by Crippen LogP contribution is -2.34. The van der Waals surface area contributed by atoms with E-state index in [4.69, 9.17) is 4.74 Å². The van der Waals surface area contributed by atoms with Crippen molar-refractivity contribution >= 4 is 41.1 Å². The van der Waals surface area contributed by atoms with Gasteiger partial charge in [0.25, 0.3) is 0 Å². The molecule has 7 nitrogen and oxygen atoms in total. The summed E-state index contributed by atoms with van der Waals surface area (Å²) in [5, 5.41) is 2.60. The second-order valence-electron chi connectivity index (χ2n) is 9.52. The SMILES string of the molecule is C=C(C)CCCSC1CC(=O)N(CCC(=O)Nc2cccc3c2-c2ccccc2C3COC(C)=O)C1=O. The molecule has 2 atom stereocenters. The van der Waals surface area contributed by atoms with Crippen molar-refractivity contribution in [3.05, 3.63) is 65.7 Å². The summed E-state index contributed by atoms with van der Waals surface area (Å²) >= 11 is 1.51. The van der Waals surface area contributed by atoms with E-state index >= 15 is 0 Å². The maximum atomic E-state index is 12.9. The first-order valence-electron chi connectivity index (χ1n) is 12.5. The van der Waals surface area contributed by atoms with Gasteiger partial charge < -0.3 is 10.1 Å². The normalized spacial score (nSPS) is 17.9. The van der Waals surface area contributed by atoms with Crippen LogP contribution < -0.4 is 5.32 Å². The lowest BCUT2D eigenvalue weighted by atomic mass is 9.98. The Labute approximate surface area is 221 Å². The third-order valence-corrected chi connectivity index (χ3v) is 7.93. The molecule has 0 radical (unpaired) electrons. The first-order valence-corrected chi connectivity index (χ1v) is 13.6. The van der Waals surface area contributed by atoms with Gasteiger partial charge in [0.1, 0.15) is 6.61 Å². The Balaban J connectivity index is 1.39. The van der Waals surface area contributed by atoms with E-state index in [-0.39, 0.29) is 60.9 Å². The van der Waals surface area contributed by atoms with Gasteiger partial charge in [-0.25, -0.2) is 0 Å². The number of hydrogen-bond acceptors (Lipinski definition) is 6. The fourth-order valence-corrected chi connectivity index (χ4v) is 6.01. The monoisotopic (exact) mass is 520 g/mol. The predicted octanol–water partition coefficient (Wildman–Crippen LogP) is 4.91. The number of esters is 1. The van der Waals surface area contributed by atoms with E-state index in [2.05, 4.69) is 11.9 Å². The van der Waals surface area contributed by atoms with Crippen molar-refractivity contribution in [2.24, 2.45) is 0 Å². The molecule has 4 rings (SSSR count). The average Bonchev–Trinajstić information content (AvgIpc) is 3.32. The summed E-state index contributed by atoms with van der Waals surface area (Å²) in [4.78, 5) is 50.8. The highest BCUT2D eigenvalue weighted by Crippen LogP contribution is 2.48. The fraction of sp³-hybridized carbons (Fsp3) is 0.379. The van der Waals surface area contributed by atoms with Crippen LogP contribution in [0.5, 0.6) is 0 Å². The van der Waals surface area contributed by atoms with E-state index in [1.54, 1.807) is 0 Å².